The molecule has 0 bridgehead atoms. The first-order chi connectivity index (χ1) is 7.74. The van der Waals surface area contributed by atoms with Gasteiger partial charge < -0.3 is 9.47 Å². The predicted molar refractivity (Wildman–Crippen MR) is 62.7 cm³/mol. The molecule has 1 aromatic rings. The number of methoxy groups -OCH3 is 1. The van der Waals surface area contributed by atoms with E-state index in [9.17, 15) is 0 Å². The molecular formula is C13H17NO2. The van der Waals surface area contributed by atoms with Crippen LogP contribution in [0.25, 0.3) is 0 Å². The number of nitrogens with zero attached hydrogens (tertiary/aromatic N) is 1. The molecule has 0 amide bonds. The first kappa shape index (κ1) is 12.4. The van der Waals surface area contributed by atoms with Gasteiger partial charge >= 0.3 is 0 Å². The summed E-state index contributed by atoms with van der Waals surface area (Å²) in [5, 5.41) is 8.84. The van der Waals surface area contributed by atoms with Gasteiger partial charge in [-0.15, -0.1) is 0 Å². The van der Waals surface area contributed by atoms with Crippen LogP contribution in [-0.2, 0) is 6.42 Å². The summed E-state index contributed by atoms with van der Waals surface area (Å²) < 4.78 is 10.8. The maximum atomic E-state index is 8.84. The van der Waals surface area contributed by atoms with Crippen molar-refractivity contribution < 1.29 is 9.47 Å². The van der Waals surface area contributed by atoms with Crippen LogP contribution in [0.4, 0.5) is 0 Å². The Morgan fingerprint density at radius 1 is 1.31 bits per heavy atom. The van der Waals surface area contributed by atoms with Crippen LogP contribution in [0.3, 0.4) is 0 Å². The largest absolute Gasteiger partial charge is 0.493 e. The summed E-state index contributed by atoms with van der Waals surface area (Å²) in [6.45, 7) is 4.00. The van der Waals surface area contributed by atoms with Gasteiger partial charge in [0.05, 0.1) is 7.11 Å². The van der Waals surface area contributed by atoms with E-state index >= 15 is 0 Å². The number of aryl methyl sites for hydroxylation is 1. The normalized spacial score (nSPS) is 11.6. The summed E-state index contributed by atoms with van der Waals surface area (Å²) in [5.74, 6) is 1.32. The molecule has 0 spiro atoms. The van der Waals surface area contributed by atoms with Crippen LogP contribution in [0.15, 0.2) is 18.2 Å². The fourth-order valence-corrected chi connectivity index (χ4v) is 1.38. The van der Waals surface area contributed by atoms with Gasteiger partial charge in [-0.25, -0.2) is 0 Å². The maximum absolute atomic E-state index is 8.84. The number of rotatable bonds is 5. The number of nitriles is 1. The van der Waals surface area contributed by atoms with E-state index in [0.717, 1.165) is 6.42 Å². The van der Waals surface area contributed by atoms with Crippen LogP contribution < -0.4 is 9.47 Å². The lowest BCUT2D eigenvalue weighted by Gasteiger charge is -2.14. The Morgan fingerprint density at radius 3 is 2.56 bits per heavy atom. The third kappa shape index (κ3) is 2.90. The van der Waals surface area contributed by atoms with E-state index in [1.165, 1.54) is 5.56 Å². The lowest BCUT2D eigenvalue weighted by Crippen LogP contribution is -2.12. The van der Waals surface area contributed by atoms with Gasteiger partial charge in [-0.3, -0.25) is 0 Å². The molecule has 0 aliphatic heterocycles. The summed E-state index contributed by atoms with van der Waals surface area (Å²) in [7, 11) is 1.61. The molecule has 86 valence electrons. The van der Waals surface area contributed by atoms with Crippen molar-refractivity contribution in [2.24, 2.45) is 0 Å². The number of hydrogen-bond donors (Lipinski definition) is 0. The number of hydrogen-bond acceptors (Lipinski definition) is 3. The van der Waals surface area contributed by atoms with Crippen molar-refractivity contribution in [3.05, 3.63) is 23.8 Å². The molecular weight excluding hydrogens is 202 g/mol. The Kier molecular flexibility index (Phi) is 4.65. The zero-order valence-electron chi connectivity index (χ0n) is 9.99. The van der Waals surface area contributed by atoms with E-state index in [4.69, 9.17) is 14.7 Å². The SMILES string of the molecule is CCc1ccc(OC(C#N)CC)c(OC)c1. The van der Waals surface area contributed by atoms with E-state index < -0.39 is 6.10 Å². The molecule has 0 aromatic heterocycles. The van der Waals surface area contributed by atoms with E-state index in [-0.39, 0.29) is 0 Å². The van der Waals surface area contributed by atoms with Gasteiger partial charge in [0.15, 0.2) is 17.6 Å². The molecule has 1 rings (SSSR count). The Bertz CT molecular complexity index is 382. The number of ether oxygens (including phenoxy) is 2. The quantitative estimate of drug-likeness (QED) is 0.764. The Morgan fingerprint density at radius 2 is 2.06 bits per heavy atom. The van der Waals surface area contributed by atoms with Crippen molar-refractivity contribution in [1.82, 2.24) is 0 Å². The van der Waals surface area contributed by atoms with Crippen LogP contribution >= 0.6 is 0 Å². The fourth-order valence-electron chi connectivity index (χ4n) is 1.38. The summed E-state index contributed by atoms with van der Waals surface area (Å²) >= 11 is 0. The molecule has 1 aromatic carbocycles. The van der Waals surface area contributed by atoms with Gasteiger partial charge in [-0.05, 0) is 30.5 Å². The summed E-state index contributed by atoms with van der Waals surface area (Å²) in [6.07, 6.45) is 1.20. The van der Waals surface area contributed by atoms with Gasteiger partial charge in [-0.2, -0.15) is 5.26 Å². The third-order valence-corrected chi connectivity index (χ3v) is 2.42. The van der Waals surface area contributed by atoms with Gasteiger partial charge in [-0.1, -0.05) is 19.9 Å². The second kappa shape index (κ2) is 6.02. The fraction of sp³-hybridized carbons (Fsp3) is 0.462. The second-order valence-electron chi connectivity index (χ2n) is 3.48. The van der Waals surface area contributed by atoms with Crippen LogP contribution in [0, 0.1) is 11.3 Å². The zero-order chi connectivity index (χ0) is 12.0. The average molecular weight is 219 g/mol. The maximum Gasteiger partial charge on any atom is 0.184 e. The van der Waals surface area contributed by atoms with Crippen LogP contribution in [0.2, 0.25) is 0 Å². The van der Waals surface area contributed by atoms with Crippen molar-refractivity contribution in [3.63, 3.8) is 0 Å². The molecule has 0 heterocycles. The standard InChI is InChI=1S/C13H17NO2/c1-4-10-6-7-12(13(8-10)15-3)16-11(5-2)9-14/h6-8,11H,4-5H2,1-3H3. The molecule has 3 heteroatoms. The smallest absolute Gasteiger partial charge is 0.184 e. The summed E-state index contributed by atoms with van der Waals surface area (Å²) in [4.78, 5) is 0. The van der Waals surface area contributed by atoms with Gasteiger partial charge in [0.25, 0.3) is 0 Å². The molecule has 0 saturated carbocycles. The average Bonchev–Trinajstić information content (AvgIpc) is 2.35. The molecule has 0 N–H and O–H groups in total. The highest BCUT2D eigenvalue weighted by atomic mass is 16.5. The molecule has 0 aliphatic carbocycles. The van der Waals surface area contributed by atoms with E-state index in [2.05, 4.69) is 13.0 Å². The monoisotopic (exact) mass is 219 g/mol. The Hall–Kier alpha value is -1.69. The van der Waals surface area contributed by atoms with Crippen molar-refractivity contribution in [2.75, 3.05) is 7.11 Å². The van der Waals surface area contributed by atoms with Gasteiger partial charge in [0, 0.05) is 0 Å². The highest BCUT2D eigenvalue weighted by Crippen LogP contribution is 2.29. The van der Waals surface area contributed by atoms with E-state index in [1.807, 2.05) is 25.1 Å². The van der Waals surface area contributed by atoms with Gasteiger partial charge in [0.2, 0.25) is 0 Å². The van der Waals surface area contributed by atoms with E-state index in [0.29, 0.717) is 17.9 Å². The molecule has 0 radical (unpaired) electrons. The first-order valence-corrected chi connectivity index (χ1v) is 5.48. The van der Waals surface area contributed by atoms with Crippen LogP contribution in [-0.4, -0.2) is 13.2 Å². The summed E-state index contributed by atoms with van der Waals surface area (Å²) in [5.41, 5.74) is 1.19. The molecule has 16 heavy (non-hydrogen) atoms. The molecule has 0 saturated heterocycles. The zero-order valence-corrected chi connectivity index (χ0v) is 9.99. The molecule has 3 nitrogen and oxygen atoms in total. The second-order valence-corrected chi connectivity index (χ2v) is 3.48. The predicted octanol–water partition coefficient (Wildman–Crippen LogP) is 2.94. The van der Waals surface area contributed by atoms with Crippen LogP contribution in [0.1, 0.15) is 25.8 Å². The minimum absolute atomic E-state index is 0.415. The first-order valence-electron chi connectivity index (χ1n) is 5.48. The molecule has 0 aliphatic rings. The van der Waals surface area contributed by atoms with Crippen molar-refractivity contribution in [1.29, 1.82) is 5.26 Å². The number of benzene rings is 1. The van der Waals surface area contributed by atoms with Crippen molar-refractivity contribution in [3.8, 4) is 17.6 Å². The minimum Gasteiger partial charge on any atom is -0.493 e. The molecule has 1 unspecified atom stereocenters. The minimum atomic E-state index is -0.415. The lowest BCUT2D eigenvalue weighted by molar-refractivity contribution is 0.239. The van der Waals surface area contributed by atoms with Crippen molar-refractivity contribution >= 4 is 0 Å². The highest BCUT2D eigenvalue weighted by molar-refractivity contribution is 5.43. The molecule has 0 fully saturated rings. The lowest BCUT2D eigenvalue weighted by atomic mass is 10.1. The topological polar surface area (TPSA) is 42.2 Å². The Labute approximate surface area is 96.6 Å². The van der Waals surface area contributed by atoms with Gasteiger partial charge in [0.1, 0.15) is 6.07 Å². The Balaban J connectivity index is 2.91. The van der Waals surface area contributed by atoms with E-state index in [1.54, 1.807) is 7.11 Å². The molecule has 1 atom stereocenters. The summed E-state index contributed by atoms with van der Waals surface area (Å²) in [6, 6.07) is 7.89. The van der Waals surface area contributed by atoms with Crippen molar-refractivity contribution in [2.45, 2.75) is 32.8 Å². The highest BCUT2D eigenvalue weighted by Gasteiger charge is 2.10. The third-order valence-electron chi connectivity index (χ3n) is 2.42. The van der Waals surface area contributed by atoms with Crippen LogP contribution in [0.5, 0.6) is 11.5 Å².